The summed E-state index contributed by atoms with van der Waals surface area (Å²) < 4.78 is 18.7. The van der Waals surface area contributed by atoms with Gasteiger partial charge in [0.2, 0.25) is 11.8 Å². The highest BCUT2D eigenvalue weighted by Crippen LogP contribution is 2.48. The topological polar surface area (TPSA) is 85.5 Å². The van der Waals surface area contributed by atoms with Crippen LogP contribution in [0.2, 0.25) is 5.02 Å². The van der Waals surface area contributed by atoms with Crippen LogP contribution in [0.25, 0.3) is 0 Å². The number of methoxy groups -OCH3 is 1. The number of aromatic nitrogens is 1. The summed E-state index contributed by atoms with van der Waals surface area (Å²) in [5, 5.41) is 1.68. The molecule has 1 aromatic heterocycles. The Morgan fingerprint density at radius 2 is 2.11 bits per heavy atom. The van der Waals surface area contributed by atoms with Crippen LogP contribution in [0.4, 0.5) is 9.39 Å². The zero-order chi connectivity index (χ0) is 20.5. The van der Waals surface area contributed by atoms with Gasteiger partial charge in [0, 0.05) is 18.6 Å². The average Bonchev–Trinajstić information content (AvgIpc) is 3.35. The number of aryl methyl sites for hydroxylation is 1. The highest BCUT2D eigenvalue weighted by molar-refractivity contribution is 7.16. The second-order valence-corrected chi connectivity index (χ2v) is 8.35. The number of rotatable bonds is 8. The van der Waals surface area contributed by atoms with Crippen LogP contribution in [0, 0.1) is 18.2 Å². The molecule has 0 atom stereocenters. The second-order valence-electron chi connectivity index (χ2n) is 6.85. The van der Waals surface area contributed by atoms with Gasteiger partial charge >= 0.3 is 0 Å². The number of hydrogen-bond acceptors (Lipinski definition) is 5. The van der Waals surface area contributed by atoms with Gasteiger partial charge < -0.3 is 10.5 Å². The average molecular weight is 426 g/mol. The van der Waals surface area contributed by atoms with E-state index in [-0.39, 0.29) is 5.91 Å². The van der Waals surface area contributed by atoms with Crippen molar-refractivity contribution >= 4 is 39.8 Å². The molecule has 0 unspecified atom stereocenters. The Morgan fingerprint density at radius 3 is 2.68 bits per heavy atom. The number of halogens is 2. The number of hydrogen-bond donors (Lipinski definition) is 1. The highest BCUT2D eigenvalue weighted by atomic mass is 35.5. The van der Waals surface area contributed by atoms with Crippen molar-refractivity contribution in [3.8, 4) is 0 Å². The first-order chi connectivity index (χ1) is 13.3. The molecule has 2 amide bonds. The minimum absolute atomic E-state index is 0.290. The molecule has 3 rings (SSSR count). The number of benzene rings is 1. The predicted molar refractivity (Wildman–Crippen MR) is 106 cm³/mol. The van der Waals surface area contributed by atoms with Gasteiger partial charge in [-0.3, -0.25) is 14.5 Å². The molecule has 150 valence electrons. The molecule has 1 saturated carbocycles. The van der Waals surface area contributed by atoms with Crippen LogP contribution in [-0.2, 0) is 20.7 Å². The first-order valence-corrected chi connectivity index (χ1v) is 9.98. The fourth-order valence-corrected chi connectivity index (χ4v) is 4.45. The largest absolute Gasteiger partial charge is 0.383 e. The zero-order valence-corrected chi connectivity index (χ0v) is 17.2. The highest BCUT2D eigenvalue weighted by Gasteiger charge is 2.57. The van der Waals surface area contributed by atoms with E-state index in [0.717, 1.165) is 0 Å². The molecule has 1 aromatic carbocycles. The molecule has 1 fully saturated rings. The number of carbonyl (C=O) groups is 2. The number of ether oxygens (including phenoxy) is 1. The molecular weight excluding hydrogens is 405 g/mol. The number of primary amides is 1. The molecule has 0 saturated heterocycles. The third-order valence-electron chi connectivity index (χ3n) is 4.73. The maximum Gasteiger partial charge on any atom is 0.243 e. The molecule has 1 heterocycles. The van der Waals surface area contributed by atoms with E-state index in [4.69, 9.17) is 22.1 Å². The van der Waals surface area contributed by atoms with E-state index >= 15 is 0 Å². The monoisotopic (exact) mass is 425 g/mol. The Labute approximate surface area is 171 Å². The molecule has 1 aliphatic carbocycles. The van der Waals surface area contributed by atoms with Crippen molar-refractivity contribution in [3.63, 3.8) is 0 Å². The van der Waals surface area contributed by atoms with Gasteiger partial charge in [-0.2, -0.15) is 0 Å². The van der Waals surface area contributed by atoms with E-state index in [1.807, 2.05) is 0 Å². The van der Waals surface area contributed by atoms with Crippen LogP contribution >= 0.6 is 22.9 Å². The standard InChI is InChI=1S/C19H21ClFN3O3S/c1-11-16(24(5-6-27-2)18(26)19(3-4-19)17(22)25)28-15(23-11)9-12-7-13(20)10-14(21)8-12/h7-8,10H,3-6,9H2,1-2H3,(H2,22,25). The number of amides is 2. The van der Waals surface area contributed by atoms with E-state index in [1.54, 1.807) is 20.1 Å². The number of nitrogens with two attached hydrogens (primary N) is 1. The Balaban J connectivity index is 1.89. The second kappa shape index (κ2) is 8.14. The van der Waals surface area contributed by atoms with E-state index in [9.17, 15) is 14.0 Å². The van der Waals surface area contributed by atoms with Gasteiger partial charge in [0.15, 0.2) is 0 Å². The fraction of sp³-hybridized carbons (Fsp3) is 0.421. The Hall–Kier alpha value is -2.03. The lowest BCUT2D eigenvalue weighted by Crippen LogP contribution is -2.44. The number of nitrogens with zero attached hydrogens (tertiary/aromatic N) is 2. The molecule has 1 aliphatic rings. The number of thiazole rings is 1. The first-order valence-electron chi connectivity index (χ1n) is 8.79. The summed E-state index contributed by atoms with van der Waals surface area (Å²) in [5.41, 5.74) is 5.70. The van der Waals surface area contributed by atoms with Gasteiger partial charge in [0.25, 0.3) is 0 Å². The van der Waals surface area contributed by atoms with Crippen LogP contribution in [0.1, 0.15) is 29.1 Å². The van der Waals surface area contributed by atoms with Gasteiger partial charge in [-0.05, 0) is 43.5 Å². The summed E-state index contributed by atoms with van der Waals surface area (Å²) in [6, 6.07) is 4.33. The van der Waals surface area contributed by atoms with Gasteiger partial charge in [0.05, 0.1) is 23.9 Å². The van der Waals surface area contributed by atoms with Crippen molar-refractivity contribution in [1.82, 2.24) is 4.98 Å². The van der Waals surface area contributed by atoms with Crippen molar-refractivity contribution in [2.75, 3.05) is 25.2 Å². The minimum atomic E-state index is -1.12. The maximum absolute atomic E-state index is 13.6. The van der Waals surface area contributed by atoms with E-state index < -0.39 is 17.1 Å². The maximum atomic E-state index is 13.6. The SMILES string of the molecule is COCCN(C(=O)C1(C(N)=O)CC1)c1sc(Cc2cc(F)cc(Cl)c2)nc1C. The third-order valence-corrected chi connectivity index (χ3v) is 6.13. The van der Waals surface area contributed by atoms with Gasteiger partial charge in [-0.1, -0.05) is 11.6 Å². The summed E-state index contributed by atoms with van der Waals surface area (Å²) in [6.45, 7) is 2.40. The van der Waals surface area contributed by atoms with Crippen LogP contribution in [0.15, 0.2) is 18.2 Å². The van der Waals surface area contributed by atoms with E-state index in [1.165, 1.54) is 28.4 Å². The van der Waals surface area contributed by atoms with Gasteiger partial charge in [-0.15, -0.1) is 11.3 Å². The first kappa shape index (κ1) is 20.7. The molecule has 0 aliphatic heterocycles. The minimum Gasteiger partial charge on any atom is -0.383 e. The van der Waals surface area contributed by atoms with Gasteiger partial charge in [-0.25, -0.2) is 9.37 Å². The number of anilines is 1. The van der Waals surface area contributed by atoms with Crippen molar-refractivity contribution in [2.24, 2.45) is 11.1 Å². The summed E-state index contributed by atoms with van der Waals surface area (Å²) in [7, 11) is 1.54. The van der Waals surface area contributed by atoms with Gasteiger partial charge in [0.1, 0.15) is 16.2 Å². The molecule has 6 nitrogen and oxygen atoms in total. The van der Waals surface area contributed by atoms with Crippen LogP contribution in [0.3, 0.4) is 0 Å². The van der Waals surface area contributed by atoms with E-state index in [2.05, 4.69) is 4.98 Å². The molecule has 9 heteroatoms. The van der Waals surface area contributed by atoms with E-state index in [0.29, 0.717) is 58.7 Å². The quantitative estimate of drug-likeness (QED) is 0.658. The lowest BCUT2D eigenvalue weighted by Gasteiger charge is -2.24. The Morgan fingerprint density at radius 1 is 1.39 bits per heavy atom. The van der Waals surface area contributed by atoms with Crippen molar-refractivity contribution < 1.29 is 18.7 Å². The predicted octanol–water partition coefficient (Wildman–Crippen LogP) is 3.08. The lowest BCUT2D eigenvalue weighted by atomic mass is 10.0. The van der Waals surface area contributed by atoms with Crippen molar-refractivity contribution in [3.05, 3.63) is 45.3 Å². The lowest BCUT2D eigenvalue weighted by molar-refractivity contribution is -0.133. The molecule has 0 bridgehead atoms. The van der Waals surface area contributed by atoms with Crippen molar-refractivity contribution in [2.45, 2.75) is 26.2 Å². The summed E-state index contributed by atoms with van der Waals surface area (Å²) in [6.07, 6.45) is 1.30. The normalized spacial score (nSPS) is 14.7. The fourth-order valence-electron chi connectivity index (χ4n) is 3.08. The Bertz CT molecular complexity index is 894. The number of carbonyl (C=O) groups excluding carboxylic acids is 2. The van der Waals surface area contributed by atoms with Crippen molar-refractivity contribution in [1.29, 1.82) is 0 Å². The van der Waals surface area contributed by atoms with Crippen LogP contribution in [-0.4, -0.2) is 37.1 Å². The summed E-state index contributed by atoms with van der Waals surface area (Å²) in [4.78, 5) is 30.9. The third kappa shape index (κ3) is 4.19. The molecule has 0 spiro atoms. The Kier molecular flexibility index (Phi) is 6.02. The molecule has 28 heavy (non-hydrogen) atoms. The smallest absolute Gasteiger partial charge is 0.243 e. The zero-order valence-electron chi connectivity index (χ0n) is 15.6. The summed E-state index contributed by atoms with van der Waals surface area (Å²) in [5.74, 6) is -1.33. The molecular formula is C19H21ClFN3O3S. The molecule has 2 aromatic rings. The molecule has 0 radical (unpaired) electrons. The summed E-state index contributed by atoms with van der Waals surface area (Å²) >= 11 is 7.25. The molecule has 2 N–H and O–H groups in total. The van der Waals surface area contributed by atoms with Crippen LogP contribution < -0.4 is 10.6 Å². The van der Waals surface area contributed by atoms with Crippen LogP contribution in [0.5, 0.6) is 0 Å².